The average Bonchev–Trinajstić information content (AvgIpc) is 2.65. The first-order valence-corrected chi connectivity index (χ1v) is 8.43. The van der Waals surface area contributed by atoms with Gasteiger partial charge in [0.05, 0.1) is 5.56 Å². The van der Waals surface area contributed by atoms with Crippen LogP contribution in [0.5, 0.6) is 0 Å². The minimum absolute atomic E-state index is 0.0608. The third kappa shape index (κ3) is 4.76. The van der Waals surface area contributed by atoms with Crippen molar-refractivity contribution in [2.75, 3.05) is 11.1 Å². The summed E-state index contributed by atoms with van der Waals surface area (Å²) in [5.74, 6) is -2.45. The number of halogens is 2. The van der Waals surface area contributed by atoms with E-state index in [1.54, 1.807) is 0 Å². The lowest BCUT2D eigenvalue weighted by Gasteiger charge is -2.11. The van der Waals surface area contributed by atoms with Gasteiger partial charge in [0.25, 0.3) is 0 Å². The summed E-state index contributed by atoms with van der Waals surface area (Å²) in [5, 5.41) is 3.06. The molecule has 3 rings (SSSR count). The molecular weight excluding hydrogens is 368 g/mol. The Kier molecular flexibility index (Phi) is 5.73. The Bertz CT molecular complexity index is 993. The van der Waals surface area contributed by atoms with Crippen LogP contribution in [-0.4, -0.2) is 20.9 Å². The van der Waals surface area contributed by atoms with E-state index in [9.17, 15) is 13.6 Å². The van der Waals surface area contributed by atoms with Gasteiger partial charge in [-0.25, -0.2) is 13.6 Å². The summed E-state index contributed by atoms with van der Waals surface area (Å²) in [4.78, 5) is 24.1. The number of para-hydroxylation sites is 1. The number of nitrogen functional groups attached to an aromatic ring is 1. The number of esters is 1. The number of nitrogens with zero attached hydrogens (tertiary/aromatic N) is 3. The first-order valence-electron chi connectivity index (χ1n) is 8.43. The molecule has 28 heavy (non-hydrogen) atoms. The van der Waals surface area contributed by atoms with Gasteiger partial charge in [0.15, 0.2) is 12.4 Å². The van der Waals surface area contributed by atoms with E-state index in [2.05, 4.69) is 20.3 Å². The van der Waals surface area contributed by atoms with E-state index in [1.807, 2.05) is 31.2 Å². The van der Waals surface area contributed by atoms with Gasteiger partial charge in [-0.05, 0) is 30.2 Å². The summed E-state index contributed by atoms with van der Waals surface area (Å²) in [6.45, 7) is 1.68. The molecule has 9 heteroatoms. The second-order valence-corrected chi connectivity index (χ2v) is 5.80. The zero-order valence-electron chi connectivity index (χ0n) is 14.9. The normalized spacial score (nSPS) is 10.5. The lowest BCUT2D eigenvalue weighted by Crippen LogP contribution is -2.12. The van der Waals surface area contributed by atoms with Crippen LogP contribution in [0, 0.1) is 11.6 Å². The molecule has 1 heterocycles. The van der Waals surface area contributed by atoms with Crippen LogP contribution < -0.4 is 11.1 Å². The molecule has 3 aromatic rings. The molecule has 3 N–H and O–H groups in total. The molecule has 1 aromatic heterocycles. The van der Waals surface area contributed by atoms with Crippen LogP contribution in [0.4, 0.5) is 26.4 Å². The highest BCUT2D eigenvalue weighted by Gasteiger charge is 2.13. The molecule has 0 aliphatic rings. The van der Waals surface area contributed by atoms with Crippen molar-refractivity contribution in [1.29, 1.82) is 0 Å². The number of anilines is 3. The highest BCUT2D eigenvalue weighted by atomic mass is 19.1. The smallest absolute Gasteiger partial charge is 0.338 e. The number of carbonyl (C=O) groups excluding carboxylic acids is 1. The molecule has 0 fully saturated rings. The Morgan fingerprint density at radius 2 is 1.82 bits per heavy atom. The molecule has 0 aliphatic heterocycles. The third-order valence-electron chi connectivity index (χ3n) is 3.77. The fraction of sp³-hybridized carbons (Fsp3) is 0.158. The van der Waals surface area contributed by atoms with E-state index >= 15 is 0 Å². The molecule has 0 saturated heterocycles. The fourth-order valence-electron chi connectivity index (χ4n) is 2.51. The molecule has 144 valence electrons. The predicted molar refractivity (Wildman–Crippen MR) is 98.8 cm³/mol. The first-order chi connectivity index (χ1) is 13.4. The number of nitrogens with one attached hydrogen (secondary N) is 1. The SMILES string of the molecule is CCc1ccccc1Nc1nc(N)nc(COC(=O)c2cc(F)cc(F)c2)n1. The van der Waals surface area contributed by atoms with Crippen molar-refractivity contribution in [3.63, 3.8) is 0 Å². The van der Waals surface area contributed by atoms with Crippen LogP contribution in [0.2, 0.25) is 0 Å². The van der Waals surface area contributed by atoms with Gasteiger partial charge in [-0.1, -0.05) is 25.1 Å². The molecule has 2 aromatic carbocycles. The molecule has 0 radical (unpaired) electrons. The van der Waals surface area contributed by atoms with E-state index < -0.39 is 17.6 Å². The summed E-state index contributed by atoms with van der Waals surface area (Å²) in [7, 11) is 0. The van der Waals surface area contributed by atoms with Crippen LogP contribution in [0.1, 0.15) is 28.7 Å². The molecule has 0 aliphatic carbocycles. The van der Waals surface area contributed by atoms with Gasteiger partial charge in [0.1, 0.15) is 11.6 Å². The van der Waals surface area contributed by atoms with Crippen molar-refractivity contribution >= 4 is 23.6 Å². The van der Waals surface area contributed by atoms with Gasteiger partial charge in [-0.2, -0.15) is 15.0 Å². The van der Waals surface area contributed by atoms with E-state index in [4.69, 9.17) is 10.5 Å². The largest absolute Gasteiger partial charge is 0.454 e. The molecule has 0 amide bonds. The molecule has 7 nitrogen and oxygen atoms in total. The standard InChI is InChI=1S/C19H17F2N5O2/c1-2-11-5-3-4-6-15(11)23-19-25-16(24-18(22)26-19)10-28-17(27)12-7-13(20)9-14(21)8-12/h3-9H,2,10H2,1H3,(H3,22,23,24,25,26). The van der Waals surface area contributed by atoms with Crippen molar-refractivity contribution < 1.29 is 18.3 Å². The molecule has 0 saturated carbocycles. The maximum atomic E-state index is 13.2. The molecule has 0 unspecified atom stereocenters. The maximum Gasteiger partial charge on any atom is 0.338 e. The van der Waals surface area contributed by atoms with Crippen LogP contribution >= 0.6 is 0 Å². The number of hydrogen-bond donors (Lipinski definition) is 2. The van der Waals surface area contributed by atoms with E-state index in [0.717, 1.165) is 29.8 Å². The Labute approximate surface area is 159 Å². The van der Waals surface area contributed by atoms with Crippen LogP contribution in [0.3, 0.4) is 0 Å². The van der Waals surface area contributed by atoms with E-state index in [-0.39, 0.29) is 29.9 Å². The minimum Gasteiger partial charge on any atom is -0.454 e. The van der Waals surface area contributed by atoms with Gasteiger partial charge in [0.2, 0.25) is 11.9 Å². The summed E-state index contributed by atoms with van der Waals surface area (Å²) in [5.41, 5.74) is 7.32. The van der Waals surface area contributed by atoms with Gasteiger partial charge in [-0.3, -0.25) is 0 Å². The number of rotatable bonds is 6. The van der Waals surface area contributed by atoms with Crippen LogP contribution in [0.15, 0.2) is 42.5 Å². The second-order valence-electron chi connectivity index (χ2n) is 5.80. The lowest BCUT2D eigenvalue weighted by molar-refractivity contribution is 0.0461. The number of nitrogens with two attached hydrogens (primary N) is 1. The summed E-state index contributed by atoms with van der Waals surface area (Å²) >= 11 is 0. The second kappa shape index (κ2) is 8.38. The van der Waals surface area contributed by atoms with Crippen LogP contribution in [0.25, 0.3) is 0 Å². The van der Waals surface area contributed by atoms with Crippen LogP contribution in [-0.2, 0) is 17.8 Å². The van der Waals surface area contributed by atoms with Crippen molar-refractivity contribution in [3.05, 3.63) is 71.1 Å². The highest BCUT2D eigenvalue weighted by molar-refractivity contribution is 5.89. The van der Waals surface area contributed by atoms with E-state index in [0.29, 0.717) is 6.07 Å². The Balaban J connectivity index is 1.73. The number of aryl methyl sites for hydroxylation is 1. The van der Waals surface area contributed by atoms with Crippen molar-refractivity contribution in [2.45, 2.75) is 20.0 Å². The number of carbonyl (C=O) groups is 1. The third-order valence-corrected chi connectivity index (χ3v) is 3.77. The van der Waals surface area contributed by atoms with Gasteiger partial charge >= 0.3 is 5.97 Å². The maximum absolute atomic E-state index is 13.2. The average molecular weight is 385 g/mol. The van der Waals surface area contributed by atoms with E-state index in [1.165, 1.54) is 0 Å². The molecule has 0 spiro atoms. The quantitative estimate of drug-likeness (QED) is 0.627. The minimum atomic E-state index is -0.914. The number of aromatic nitrogens is 3. The molecular formula is C19H17F2N5O2. The topological polar surface area (TPSA) is 103 Å². The van der Waals surface area contributed by atoms with Gasteiger partial charge in [-0.15, -0.1) is 0 Å². The Hall–Kier alpha value is -3.62. The van der Waals surface area contributed by atoms with Gasteiger partial charge in [0, 0.05) is 11.8 Å². The summed E-state index contributed by atoms with van der Waals surface area (Å²) < 4.78 is 31.5. The first kappa shape index (κ1) is 19.2. The van der Waals surface area contributed by atoms with Gasteiger partial charge < -0.3 is 15.8 Å². The molecule has 0 atom stereocenters. The van der Waals surface area contributed by atoms with Crippen molar-refractivity contribution in [3.8, 4) is 0 Å². The highest BCUT2D eigenvalue weighted by Crippen LogP contribution is 2.19. The summed E-state index contributed by atoms with van der Waals surface area (Å²) in [6.07, 6.45) is 0.804. The lowest BCUT2D eigenvalue weighted by atomic mass is 10.1. The van der Waals surface area contributed by atoms with Crippen molar-refractivity contribution in [2.24, 2.45) is 0 Å². The number of ether oxygens (including phenoxy) is 1. The predicted octanol–water partition coefficient (Wildman–Crippen LogP) is 3.40. The number of benzene rings is 2. The summed E-state index contributed by atoms with van der Waals surface area (Å²) in [6, 6.07) is 10.0. The Morgan fingerprint density at radius 1 is 1.11 bits per heavy atom. The zero-order valence-corrected chi connectivity index (χ0v) is 14.9. The molecule has 0 bridgehead atoms. The monoisotopic (exact) mass is 385 g/mol. The van der Waals surface area contributed by atoms with Crippen molar-refractivity contribution in [1.82, 2.24) is 15.0 Å². The fourth-order valence-corrected chi connectivity index (χ4v) is 2.51. The zero-order chi connectivity index (χ0) is 20.1. The Morgan fingerprint density at radius 3 is 2.54 bits per heavy atom. The number of hydrogen-bond acceptors (Lipinski definition) is 7.